The lowest BCUT2D eigenvalue weighted by Gasteiger charge is -2.28. The van der Waals surface area contributed by atoms with Crippen LogP contribution in [-0.4, -0.2) is 42.2 Å². The average molecular weight is 275 g/mol. The van der Waals surface area contributed by atoms with Crippen LogP contribution >= 0.6 is 0 Å². The van der Waals surface area contributed by atoms with Gasteiger partial charge >= 0.3 is 0 Å². The Morgan fingerprint density at radius 2 is 2.25 bits per heavy atom. The van der Waals surface area contributed by atoms with Gasteiger partial charge in [-0.05, 0) is 36.8 Å². The third-order valence-corrected chi connectivity index (χ3v) is 4.36. The van der Waals surface area contributed by atoms with Crippen molar-refractivity contribution in [3.05, 3.63) is 29.8 Å². The number of hydrogen-bond donors (Lipinski definition) is 1. The van der Waals surface area contributed by atoms with Gasteiger partial charge in [-0.2, -0.15) is 0 Å². The molecule has 20 heavy (non-hydrogen) atoms. The fourth-order valence-electron chi connectivity index (χ4n) is 3.20. The summed E-state index contributed by atoms with van der Waals surface area (Å²) in [6.07, 6.45) is 2.58. The Balaban J connectivity index is 1.62. The van der Waals surface area contributed by atoms with Crippen molar-refractivity contribution in [3.63, 3.8) is 0 Å². The van der Waals surface area contributed by atoms with Crippen LogP contribution < -0.4 is 4.74 Å². The van der Waals surface area contributed by atoms with Crippen LogP contribution in [0.15, 0.2) is 24.3 Å². The number of amides is 1. The second-order valence-electron chi connectivity index (χ2n) is 5.77. The van der Waals surface area contributed by atoms with E-state index in [4.69, 9.17) is 9.84 Å². The normalized spacial score (nSPS) is 25.1. The number of fused-ring (bicyclic) bond motifs is 1. The predicted molar refractivity (Wildman–Crippen MR) is 75.5 cm³/mol. The number of carbonyl (C=O) groups is 1. The van der Waals surface area contributed by atoms with Gasteiger partial charge in [-0.15, -0.1) is 0 Å². The second-order valence-corrected chi connectivity index (χ2v) is 5.77. The summed E-state index contributed by atoms with van der Waals surface area (Å²) in [6, 6.07) is 7.94. The first-order valence-corrected chi connectivity index (χ1v) is 7.38. The van der Waals surface area contributed by atoms with E-state index in [-0.39, 0.29) is 18.4 Å². The topological polar surface area (TPSA) is 49.8 Å². The number of aliphatic hydroxyl groups excluding tert-OH is 1. The summed E-state index contributed by atoms with van der Waals surface area (Å²) in [4.78, 5) is 14.5. The van der Waals surface area contributed by atoms with Gasteiger partial charge in [-0.25, -0.2) is 0 Å². The van der Waals surface area contributed by atoms with E-state index in [0.29, 0.717) is 12.5 Å². The molecule has 1 saturated heterocycles. The summed E-state index contributed by atoms with van der Waals surface area (Å²) in [5, 5.41) is 8.99. The summed E-state index contributed by atoms with van der Waals surface area (Å²) < 4.78 is 5.70. The molecule has 0 spiro atoms. The molecule has 2 unspecified atom stereocenters. The van der Waals surface area contributed by atoms with Crippen LogP contribution in [0.25, 0.3) is 0 Å². The summed E-state index contributed by atoms with van der Waals surface area (Å²) in [6.45, 7) is 2.31. The van der Waals surface area contributed by atoms with Gasteiger partial charge in [0, 0.05) is 19.7 Å². The van der Waals surface area contributed by atoms with Crippen molar-refractivity contribution in [2.45, 2.75) is 19.3 Å². The molecule has 0 aromatic heterocycles. The zero-order chi connectivity index (χ0) is 13.9. The molecule has 1 amide bonds. The van der Waals surface area contributed by atoms with Gasteiger partial charge in [0.1, 0.15) is 12.4 Å². The van der Waals surface area contributed by atoms with Crippen molar-refractivity contribution in [1.29, 1.82) is 0 Å². The third kappa shape index (κ3) is 2.66. The van der Waals surface area contributed by atoms with Gasteiger partial charge in [-0.3, -0.25) is 4.79 Å². The van der Waals surface area contributed by atoms with Crippen LogP contribution in [0.1, 0.15) is 18.4 Å². The molecule has 4 nitrogen and oxygen atoms in total. The van der Waals surface area contributed by atoms with Crippen LogP contribution in [0.2, 0.25) is 0 Å². The Kier molecular flexibility index (Phi) is 3.92. The number of carbonyl (C=O) groups excluding carboxylic acids is 1. The minimum Gasteiger partial charge on any atom is -0.492 e. The summed E-state index contributed by atoms with van der Waals surface area (Å²) >= 11 is 0. The van der Waals surface area contributed by atoms with Gasteiger partial charge in [0.05, 0.1) is 5.92 Å². The maximum Gasteiger partial charge on any atom is 0.229 e. The maximum absolute atomic E-state index is 12.5. The average Bonchev–Trinajstić information content (AvgIpc) is 2.95. The molecular formula is C16H21NO3. The lowest BCUT2D eigenvalue weighted by molar-refractivity contribution is -0.136. The number of ether oxygens (including phenoxy) is 1. The number of benzene rings is 1. The van der Waals surface area contributed by atoms with Crippen LogP contribution in [-0.2, 0) is 11.2 Å². The highest BCUT2D eigenvalue weighted by atomic mass is 16.5. The van der Waals surface area contributed by atoms with Crippen molar-refractivity contribution < 1.29 is 14.6 Å². The van der Waals surface area contributed by atoms with E-state index in [1.54, 1.807) is 0 Å². The lowest BCUT2D eigenvalue weighted by Crippen LogP contribution is -2.39. The molecule has 1 N–H and O–H groups in total. The van der Waals surface area contributed by atoms with Gasteiger partial charge in [-0.1, -0.05) is 18.2 Å². The fourth-order valence-corrected chi connectivity index (χ4v) is 3.20. The number of rotatable bonds is 3. The van der Waals surface area contributed by atoms with Crippen LogP contribution in [0, 0.1) is 11.8 Å². The number of aliphatic hydroxyl groups is 1. The summed E-state index contributed by atoms with van der Waals surface area (Å²) in [5.41, 5.74) is 1.13. The second kappa shape index (κ2) is 5.83. The molecule has 0 aliphatic carbocycles. The molecule has 0 radical (unpaired) electrons. The molecule has 4 heteroatoms. The minimum atomic E-state index is -0.0576. The van der Waals surface area contributed by atoms with E-state index in [1.807, 2.05) is 29.2 Å². The fraction of sp³-hybridized carbons (Fsp3) is 0.562. The minimum absolute atomic E-state index is 0.0576. The monoisotopic (exact) mass is 275 g/mol. The predicted octanol–water partition coefficient (Wildman–Crippen LogP) is 1.47. The SMILES string of the molecule is O=C(C1COc2ccccc2C1)N1CCC(CCO)C1. The molecule has 0 bridgehead atoms. The Hall–Kier alpha value is -1.55. The molecule has 1 aromatic carbocycles. The van der Waals surface area contributed by atoms with Crippen molar-refractivity contribution in [2.24, 2.45) is 11.8 Å². The highest BCUT2D eigenvalue weighted by Gasteiger charge is 2.33. The number of hydrogen-bond acceptors (Lipinski definition) is 3. The molecule has 1 fully saturated rings. The van der Waals surface area contributed by atoms with Crippen LogP contribution in [0.3, 0.4) is 0 Å². The molecule has 108 valence electrons. The Morgan fingerprint density at radius 3 is 3.10 bits per heavy atom. The summed E-state index contributed by atoms with van der Waals surface area (Å²) in [7, 11) is 0. The number of likely N-dealkylation sites (tertiary alicyclic amines) is 1. The zero-order valence-electron chi connectivity index (χ0n) is 11.6. The Labute approximate surface area is 119 Å². The first-order chi connectivity index (χ1) is 9.78. The molecular weight excluding hydrogens is 254 g/mol. The lowest BCUT2D eigenvalue weighted by atomic mass is 9.95. The van der Waals surface area contributed by atoms with Crippen molar-refractivity contribution in [2.75, 3.05) is 26.3 Å². The number of nitrogens with zero attached hydrogens (tertiary/aromatic N) is 1. The molecule has 2 heterocycles. The molecule has 2 aliphatic rings. The van der Waals surface area contributed by atoms with E-state index in [1.165, 1.54) is 0 Å². The largest absolute Gasteiger partial charge is 0.492 e. The van der Waals surface area contributed by atoms with E-state index < -0.39 is 0 Å². The van der Waals surface area contributed by atoms with E-state index >= 15 is 0 Å². The first-order valence-electron chi connectivity index (χ1n) is 7.38. The maximum atomic E-state index is 12.5. The van der Waals surface area contributed by atoms with Gasteiger partial charge < -0.3 is 14.7 Å². The quantitative estimate of drug-likeness (QED) is 0.909. The van der Waals surface area contributed by atoms with Gasteiger partial charge in [0.2, 0.25) is 5.91 Å². The molecule has 1 aromatic rings. The zero-order valence-corrected chi connectivity index (χ0v) is 11.6. The molecule has 0 saturated carbocycles. The highest BCUT2D eigenvalue weighted by molar-refractivity contribution is 5.80. The standard InChI is InChI=1S/C16H21NO3/c18-8-6-12-5-7-17(10-12)16(19)14-9-13-3-1-2-4-15(13)20-11-14/h1-4,12,14,18H,5-11H2. The first kappa shape index (κ1) is 13.4. The molecule has 2 atom stereocenters. The van der Waals surface area contributed by atoms with Crippen molar-refractivity contribution in [3.8, 4) is 5.75 Å². The van der Waals surface area contributed by atoms with Crippen LogP contribution in [0.4, 0.5) is 0 Å². The molecule has 2 aliphatic heterocycles. The van der Waals surface area contributed by atoms with Crippen molar-refractivity contribution >= 4 is 5.91 Å². The molecule has 3 rings (SSSR count). The Bertz CT molecular complexity index is 488. The van der Waals surface area contributed by atoms with Gasteiger partial charge in [0.15, 0.2) is 0 Å². The van der Waals surface area contributed by atoms with Crippen LogP contribution in [0.5, 0.6) is 5.75 Å². The summed E-state index contributed by atoms with van der Waals surface area (Å²) in [5.74, 6) is 1.52. The van der Waals surface area contributed by atoms with E-state index in [9.17, 15) is 4.79 Å². The van der Waals surface area contributed by atoms with Gasteiger partial charge in [0.25, 0.3) is 0 Å². The number of para-hydroxylation sites is 1. The smallest absolute Gasteiger partial charge is 0.229 e. The van der Waals surface area contributed by atoms with Crippen molar-refractivity contribution in [1.82, 2.24) is 4.90 Å². The highest BCUT2D eigenvalue weighted by Crippen LogP contribution is 2.29. The Morgan fingerprint density at radius 1 is 1.40 bits per heavy atom. The van der Waals surface area contributed by atoms with E-state index in [2.05, 4.69) is 0 Å². The van der Waals surface area contributed by atoms with E-state index in [0.717, 1.165) is 43.7 Å². The third-order valence-electron chi connectivity index (χ3n) is 4.36.